The second-order valence-electron chi connectivity index (χ2n) is 25.0. The van der Waals surface area contributed by atoms with Crippen molar-refractivity contribution in [1.29, 1.82) is 0 Å². The first kappa shape index (κ1) is 52.0. The second kappa shape index (κ2) is 19.3. The molecule has 2 heterocycles. The molecule has 0 aliphatic rings. The Bertz CT molecular complexity index is 3790. The lowest BCUT2D eigenvalue weighted by Crippen LogP contribution is -2.23. The fourth-order valence-electron chi connectivity index (χ4n) is 11.2. The summed E-state index contributed by atoms with van der Waals surface area (Å²) < 4.78 is 18.1. The van der Waals surface area contributed by atoms with Crippen LogP contribution in [0, 0.1) is 13.8 Å². The van der Waals surface area contributed by atoms with Crippen LogP contribution in [0.2, 0.25) is 0 Å². The molecule has 0 bridgehead atoms. The molecule has 0 amide bonds. The van der Waals surface area contributed by atoms with Crippen LogP contribution in [0.4, 0.5) is 0 Å². The third-order valence-electron chi connectivity index (χ3n) is 15.4. The molecule has 0 radical (unpaired) electrons. The predicted octanol–water partition coefficient (Wildman–Crippen LogP) is 18.9. The summed E-state index contributed by atoms with van der Waals surface area (Å²) in [6, 6.07) is 51.3. The van der Waals surface area contributed by atoms with Crippen molar-refractivity contribution in [2.24, 2.45) is 0 Å². The molecular weight excluding hydrogens is 933 g/mol. The molecule has 0 unspecified atom stereocenters. The van der Waals surface area contributed by atoms with Crippen molar-refractivity contribution in [2.75, 3.05) is 0 Å². The molecule has 0 spiro atoms. The van der Waals surface area contributed by atoms with E-state index in [9.17, 15) is 10.2 Å². The number of phenolic OH excluding ortho intramolecular Hbond substituents is 2. The minimum atomic E-state index is -0.259. The Labute approximate surface area is 450 Å². The third kappa shape index (κ3) is 9.61. The van der Waals surface area contributed by atoms with Crippen molar-refractivity contribution in [1.82, 2.24) is 9.13 Å². The largest absolute Gasteiger partial charge is 0.505 e. The number of rotatable bonds is 11. The molecule has 10 rings (SSSR count). The van der Waals surface area contributed by atoms with E-state index >= 15 is 0 Å². The molecule has 2 aromatic heterocycles. The quantitative estimate of drug-likeness (QED) is 0.135. The molecule has 390 valence electrons. The van der Waals surface area contributed by atoms with Gasteiger partial charge in [-0.1, -0.05) is 137 Å². The highest BCUT2D eigenvalue weighted by molar-refractivity contribution is 6.11. The Kier molecular flexibility index (Phi) is 13.2. The van der Waals surface area contributed by atoms with Crippen LogP contribution in [0.25, 0.3) is 77.2 Å². The molecule has 2 atom stereocenters. The first-order valence-corrected chi connectivity index (χ1v) is 27.2. The molecular formula is C70H76N2O4. The third-order valence-corrected chi connectivity index (χ3v) is 15.4. The van der Waals surface area contributed by atoms with Crippen LogP contribution in [0.3, 0.4) is 0 Å². The maximum Gasteiger partial charge on any atom is 0.147 e. The number of hydrogen-bond donors (Lipinski definition) is 2. The van der Waals surface area contributed by atoms with Gasteiger partial charge in [0.05, 0.1) is 45.6 Å². The van der Waals surface area contributed by atoms with Gasteiger partial charge in [-0.15, -0.1) is 0 Å². The zero-order valence-electron chi connectivity index (χ0n) is 47.4. The van der Waals surface area contributed by atoms with Crippen molar-refractivity contribution >= 4 is 43.6 Å². The summed E-state index contributed by atoms with van der Waals surface area (Å²) in [6.45, 7) is 33.1. The van der Waals surface area contributed by atoms with E-state index in [1.165, 1.54) is 43.8 Å². The van der Waals surface area contributed by atoms with Crippen molar-refractivity contribution < 1.29 is 19.7 Å². The van der Waals surface area contributed by atoms with Gasteiger partial charge in [-0.05, 0) is 168 Å². The van der Waals surface area contributed by atoms with Gasteiger partial charge in [0.25, 0.3) is 0 Å². The van der Waals surface area contributed by atoms with Gasteiger partial charge in [0, 0.05) is 50.2 Å². The van der Waals surface area contributed by atoms with Gasteiger partial charge in [0.2, 0.25) is 0 Å². The number of phenols is 2. The summed E-state index contributed by atoms with van der Waals surface area (Å²) >= 11 is 0. The van der Waals surface area contributed by atoms with E-state index in [-0.39, 0.29) is 40.0 Å². The minimum absolute atomic E-state index is 0.0207. The van der Waals surface area contributed by atoms with Crippen LogP contribution in [-0.2, 0) is 16.2 Å². The summed E-state index contributed by atoms with van der Waals surface area (Å²) in [4.78, 5) is 0. The van der Waals surface area contributed by atoms with E-state index < -0.39 is 0 Å². The Morgan fingerprint density at radius 1 is 0.408 bits per heavy atom. The number of aryl methyl sites for hydroxylation is 2. The highest BCUT2D eigenvalue weighted by Crippen LogP contribution is 2.47. The second-order valence-corrected chi connectivity index (χ2v) is 25.0. The van der Waals surface area contributed by atoms with Gasteiger partial charge in [-0.25, -0.2) is 0 Å². The van der Waals surface area contributed by atoms with Gasteiger partial charge in [0.1, 0.15) is 23.0 Å². The highest BCUT2D eigenvalue weighted by Gasteiger charge is 2.27. The molecule has 2 N–H and O–H groups in total. The van der Waals surface area contributed by atoms with Gasteiger partial charge >= 0.3 is 0 Å². The first-order valence-electron chi connectivity index (χ1n) is 27.2. The summed E-state index contributed by atoms with van der Waals surface area (Å²) in [5.74, 6) is 2.12. The standard InChI is InChI=1S/C70H76N2O4/c1-41(2)46-24-28-58-52(37-46)53-38-47(68(7,8)9)25-29-59(53)71(58)62-34-42(3)32-56(66(62)73)50-20-16-18-22-64(50)75-44(5)36-45(6)76-65-23-19-17-21-51(65)57-33-43(4)35-63(67(57)74)72-60-30-26-48(69(10,11)12)39-54(60)55-40-49(70(13,14)15)27-31-61(55)72/h16-35,37-41,44-45,73-74H,36H2,1-15H3/t44-,45-/m0/s1. The molecule has 0 aliphatic heterocycles. The van der Waals surface area contributed by atoms with Gasteiger partial charge in [-0.3, -0.25) is 0 Å². The molecule has 6 nitrogen and oxygen atoms in total. The average molecular weight is 1010 g/mol. The van der Waals surface area contributed by atoms with E-state index in [0.717, 1.165) is 55.7 Å². The van der Waals surface area contributed by atoms with Crippen LogP contribution >= 0.6 is 0 Å². The van der Waals surface area contributed by atoms with Gasteiger partial charge in [-0.2, -0.15) is 0 Å². The molecule has 8 aromatic carbocycles. The summed E-state index contributed by atoms with van der Waals surface area (Å²) in [7, 11) is 0. The molecule has 76 heavy (non-hydrogen) atoms. The SMILES string of the molecule is Cc1cc(-c2ccccc2O[C@@H](C)C[C@H](C)Oc2ccccc2-c2cc(C)cc(-n3c4ccc(C(C)(C)C)cc4c4cc(C(C)(C)C)ccc43)c2O)c(O)c(-n2c3ccc(C(C)C)cc3c3cc(C(C)(C)C)ccc32)c1. The maximum absolute atomic E-state index is 12.6. The number of ether oxygens (including phenoxy) is 2. The number of para-hydroxylation sites is 2. The molecule has 10 aromatic rings. The monoisotopic (exact) mass is 1010 g/mol. The highest BCUT2D eigenvalue weighted by atomic mass is 16.5. The lowest BCUT2D eigenvalue weighted by atomic mass is 9.85. The van der Waals surface area contributed by atoms with E-state index in [2.05, 4.69) is 210 Å². The van der Waals surface area contributed by atoms with Crippen LogP contribution in [-0.4, -0.2) is 31.6 Å². The number of aromatic nitrogens is 2. The van der Waals surface area contributed by atoms with Gasteiger partial charge in [0.15, 0.2) is 0 Å². The Morgan fingerprint density at radius 3 is 1.11 bits per heavy atom. The van der Waals surface area contributed by atoms with E-state index in [1.54, 1.807) is 0 Å². The van der Waals surface area contributed by atoms with E-state index in [1.807, 2.05) is 48.5 Å². The molecule has 0 aliphatic carbocycles. The van der Waals surface area contributed by atoms with Crippen LogP contribution < -0.4 is 9.47 Å². The first-order chi connectivity index (χ1) is 35.9. The lowest BCUT2D eigenvalue weighted by Gasteiger charge is -2.24. The summed E-state index contributed by atoms with van der Waals surface area (Å²) in [6.07, 6.45) is 0.0558. The average Bonchev–Trinajstić information content (AvgIpc) is 4.05. The van der Waals surface area contributed by atoms with Gasteiger partial charge < -0.3 is 28.8 Å². The Balaban J connectivity index is 0.956. The number of nitrogens with zero attached hydrogens (tertiary/aromatic N) is 2. The molecule has 6 heteroatoms. The zero-order chi connectivity index (χ0) is 54.3. The molecule has 0 saturated carbocycles. The summed E-state index contributed by atoms with van der Waals surface area (Å²) in [5, 5.41) is 29.8. The zero-order valence-corrected chi connectivity index (χ0v) is 47.4. The van der Waals surface area contributed by atoms with Crippen molar-refractivity contribution in [3.05, 3.63) is 179 Å². The molecule has 0 saturated heterocycles. The molecule has 0 fully saturated rings. The Hall–Kier alpha value is -7.44. The fourth-order valence-corrected chi connectivity index (χ4v) is 11.2. The van der Waals surface area contributed by atoms with Crippen molar-refractivity contribution in [3.63, 3.8) is 0 Å². The number of benzene rings is 8. The fraction of sp³-hybridized carbons (Fsp3) is 0.314. The number of hydrogen-bond acceptors (Lipinski definition) is 4. The Morgan fingerprint density at radius 2 is 0.750 bits per heavy atom. The number of aromatic hydroxyl groups is 2. The van der Waals surface area contributed by atoms with E-state index in [4.69, 9.17) is 9.47 Å². The minimum Gasteiger partial charge on any atom is -0.505 e. The topological polar surface area (TPSA) is 68.8 Å². The number of fused-ring (bicyclic) bond motifs is 6. The van der Waals surface area contributed by atoms with Crippen LogP contribution in [0.15, 0.2) is 146 Å². The maximum atomic E-state index is 12.6. The van der Waals surface area contributed by atoms with E-state index in [0.29, 0.717) is 35.0 Å². The van der Waals surface area contributed by atoms with Crippen molar-refractivity contribution in [2.45, 2.75) is 145 Å². The smallest absolute Gasteiger partial charge is 0.147 e. The predicted molar refractivity (Wildman–Crippen MR) is 320 cm³/mol. The summed E-state index contributed by atoms with van der Waals surface area (Å²) in [5.41, 5.74) is 15.7. The lowest BCUT2D eigenvalue weighted by molar-refractivity contribution is 0.131. The van der Waals surface area contributed by atoms with Crippen molar-refractivity contribution in [3.8, 4) is 56.6 Å². The van der Waals surface area contributed by atoms with Crippen LogP contribution in [0.1, 0.15) is 136 Å². The van der Waals surface area contributed by atoms with Crippen LogP contribution in [0.5, 0.6) is 23.0 Å². The normalized spacial score (nSPS) is 13.4.